The molecule has 1 fully saturated rings. The minimum Gasteiger partial charge on any atom is -0.324 e. The van der Waals surface area contributed by atoms with Crippen molar-refractivity contribution in [1.29, 1.82) is 0 Å². The molecule has 5 nitrogen and oxygen atoms in total. The van der Waals surface area contributed by atoms with Crippen molar-refractivity contribution in [3.63, 3.8) is 0 Å². The maximum atomic E-state index is 13.0. The number of benzene rings is 1. The Labute approximate surface area is 134 Å². The monoisotopic (exact) mass is 314 g/mol. The van der Waals surface area contributed by atoms with Crippen molar-refractivity contribution >= 4 is 11.8 Å². The summed E-state index contributed by atoms with van der Waals surface area (Å²) in [6, 6.07) is 8.13. The average Bonchev–Trinajstić information content (AvgIpc) is 2.58. The van der Waals surface area contributed by atoms with Gasteiger partial charge in [-0.15, -0.1) is 0 Å². The molecule has 1 aliphatic rings. The fourth-order valence-corrected chi connectivity index (χ4v) is 2.92. The molecule has 120 valence electrons. The van der Waals surface area contributed by atoms with Gasteiger partial charge in [-0.3, -0.25) is 5.32 Å². The zero-order valence-electron chi connectivity index (χ0n) is 12.8. The highest BCUT2D eigenvalue weighted by Crippen LogP contribution is 2.21. The topological polar surface area (TPSA) is 58.1 Å². The highest BCUT2D eigenvalue weighted by Gasteiger charge is 2.24. The van der Waals surface area contributed by atoms with Gasteiger partial charge in [0.15, 0.2) is 0 Å². The van der Waals surface area contributed by atoms with Crippen LogP contribution < -0.4 is 5.32 Å². The molecule has 0 bridgehead atoms. The lowest BCUT2D eigenvalue weighted by Gasteiger charge is -2.32. The number of halogens is 1. The van der Waals surface area contributed by atoms with E-state index < -0.39 is 0 Å². The van der Waals surface area contributed by atoms with Crippen LogP contribution in [0.4, 0.5) is 15.0 Å². The second kappa shape index (κ2) is 7.17. The molecule has 1 atom stereocenters. The predicted octanol–water partition coefficient (Wildman–Crippen LogP) is 3.10. The maximum Gasteiger partial charge on any atom is 0.323 e. The number of rotatable bonds is 3. The van der Waals surface area contributed by atoms with Crippen LogP contribution in [0.1, 0.15) is 18.4 Å². The minimum atomic E-state index is -0.219. The number of hydrogen-bond acceptors (Lipinski definition) is 3. The van der Waals surface area contributed by atoms with Gasteiger partial charge in [0.25, 0.3) is 0 Å². The van der Waals surface area contributed by atoms with E-state index in [0.29, 0.717) is 18.3 Å². The molecule has 2 amide bonds. The predicted molar refractivity (Wildman–Crippen MR) is 85.5 cm³/mol. The van der Waals surface area contributed by atoms with Crippen LogP contribution in [0.3, 0.4) is 0 Å². The zero-order chi connectivity index (χ0) is 16.1. The van der Waals surface area contributed by atoms with Gasteiger partial charge in [0, 0.05) is 19.3 Å². The van der Waals surface area contributed by atoms with Gasteiger partial charge in [0.05, 0.1) is 0 Å². The summed E-state index contributed by atoms with van der Waals surface area (Å²) in [6.07, 6.45) is 5.91. The summed E-state index contributed by atoms with van der Waals surface area (Å²) in [6.45, 7) is 1.45. The number of carbonyl (C=O) groups excluding carboxylic acids is 1. The molecule has 1 aromatic carbocycles. The van der Waals surface area contributed by atoms with E-state index >= 15 is 0 Å². The van der Waals surface area contributed by atoms with Crippen LogP contribution in [0.2, 0.25) is 0 Å². The Balaban J connectivity index is 1.57. The molecule has 0 saturated carbocycles. The van der Waals surface area contributed by atoms with Crippen molar-refractivity contribution in [3.8, 4) is 0 Å². The number of nitrogens with one attached hydrogen (secondary N) is 1. The van der Waals surface area contributed by atoms with Crippen molar-refractivity contribution in [2.75, 3.05) is 18.4 Å². The van der Waals surface area contributed by atoms with E-state index in [0.717, 1.165) is 31.4 Å². The van der Waals surface area contributed by atoms with Crippen LogP contribution >= 0.6 is 0 Å². The Morgan fingerprint density at radius 1 is 1.30 bits per heavy atom. The van der Waals surface area contributed by atoms with Gasteiger partial charge < -0.3 is 4.90 Å². The first-order valence-corrected chi connectivity index (χ1v) is 7.77. The Bertz CT molecular complexity index is 647. The smallest absolute Gasteiger partial charge is 0.323 e. The number of nitrogens with zero attached hydrogens (tertiary/aromatic N) is 3. The molecule has 2 aromatic rings. The normalized spacial score (nSPS) is 17.8. The molecular weight excluding hydrogens is 295 g/mol. The highest BCUT2D eigenvalue weighted by atomic mass is 19.1. The van der Waals surface area contributed by atoms with Crippen LogP contribution in [0.15, 0.2) is 42.9 Å². The fraction of sp³-hybridized carbons (Fsp3) is 0.353. The molecule has 2 heterocycles. The van der Waals surface area contributed by atoms with E-state index in [2.05, 4.69) is 15.3 Å². The van der Waals surface area contributed by atoms with E-state index in [9.17, 15) is 9.18 Å². The lowest BCUT2D eigenvalue weighted by molar-refractivity contribution is 0.177. The summed E-state index contributed by atoms with van der Waals surface area (Å²) in [5.74, 6) is 0.680. The minimum absolute atomic E-state index is 0.132. The van der Waals surface area contributed by atoms with Gasteiger partial charge in [-0.1, -0.05) is 12.1 Å². The second-order valence-electron chi connectivity index (χ2n) is 5.81. The molecular formula is C17H19FN4O. The number of likely N-dealkylation sites (tertiary alicyclic amines) is 1. The lowest BCUT2D eigenvalue weighted by Crippen LogP contribution is -2.42. The van der Waals surface area contributed by atoms with Gasteiger partial charge in [0.2, 0.25) is 0 Å². The molecule has 1 saturated heterocycles. The first kappa shape index (κ1) is 15.4. The molecule has 6 heteroatoms. The van der Waals surface area contributed by atoms with E-state index in [1.165, 1.54) is 18.5 Å². The van der Waals surface area contributed by atoms with Crippen molar-refractivity contribution in [3.05, 3.63) is 54.2 Å². The van der Waals surface area contributed by atoms with Crippen LogP contribution in [-0.2, 0) is 6.42 Å². The Hall–Kier alpha value is -2.50. The molecule has 0 spiro atoms. The summed E-state index contributed by atoms with van der Waals surface area (Å²) >= 11 is 0. The highest BCUT2D eigenvalue weighted by molar-refractivity contribution is 5.88. The number of carbonyl (C=O) groups is 1. The van der Waals surface area contributed by atoms with Crippen LogP contribution in [0, 0.1) is 11.7 Å². The molecule has 0 radical (unpaired) electrons. The van der Waals surface area contributed by atoms with Crippen molar-refractivity contribution in [2.24, 2.45) is 5.92 Å². The number of hydrogen-bond donors (Lipinski definition) is 1. The SMILES string of the molecule is O=C(Nc1ccncn1)N1CCCC(Cc2ccc(F)cc2)C1. The largest absolute Gasteiger partial charge is 0.324 e. The average molecular weight is 314 g/mol. The molecule has 23 heavy (non-hydrogen) atoms. The third kappa shape index (κ3) is 4.25. The number of aromatic nitrogens is 2. The van der Waals surface area contributed by atoms with Crippen molar-refractivity contribution in [2.45, 2.75) is 19.3 Å². The molecule has 1 aromatic heterocycles. The third-order valence-electron chi connectivity index (χ3n) is 4.06. The fourth-order valence-electron chi connectivity index (χ4n) is 2.92. The quantitative estimate of drug-likeness (QED) is 0.947. The van der Waals surface area contributed by atoms with Gasteiger partial charge in [-0.05, 0) is 48.9 Å². The Morgan fingerprint density at radius 2 is 2.13 bits per heavy atom. The number of anilines is 1. The summed E-state index contributed by atoms with van der Waals surface area (Å²) in [5, 5.41) is 2.79. The van der Waals surface area contributed by atoms with Crippen molar-refractivity contribution in [1.82, 2.24) is 14.9 Å². The third-order valence-corrected chi connectivity index (χ3v) is 4.06. The van der Waals surface area contributed by atoms with Crippen LogP contribution in [0.5, 0.6) is 0 Å². The molecule has 0 aliphatic carbocycles. The van der Waals surface area contributed by atoms with E-state index in [4.69, 9.17) is 0 Å². The molecule has 1 aliphatic heterocycles. The first-order chi connectivity index (χ1) is 11.2. The standard InChI is InChI=1S/C17H19FN4O/c18-15-5-3-13(4-6-15)10-14-2-1-9-22(11-14)17(23)21-16-7-8-19-12-20-16/h3-8,12,14H,1-2,9-11H2,(H,19,20,21,23). The summed E-state index contributed by atoms with van der Waals surface area (Å²) in [4.78, 5) is 22.0. The summed E-state index contributed by atoms with van der Waals surface area (Å²) < 4.78 is 13.0. The Kier molecular flexibility index (Phi) is 4.80. The maximum absolute atomic E-state index is 13.0. The van der Waals surface area contributed by atoms with Crippen molar-refractivity contribution < 1.29 is 9.18 Å². The summed E-state index contributed by atoms with van der Waals surface area (Å²) in [5.41, 5.74) is 1.11. The second-order valence-corrected chi connectivity index (χ2v) is 5.81. The number of urea groups is 1. The van der Waals surface area contributed by atoms with Crippen LogP contribution in [-0.4, -0.2) is 34.0 Å². The molecule has 3 rings (SSSR count). The first-order valence-electron chi connectivity index (χ1n) is 7.77. The molecule has 1 unspecified atom stereocenters. The Morgan fingerprint density at radius 3 is 2.87 bits per heavy atom. The van der Waals surface area contributed by atoms with Crippen LogP contribution in [0.25, 0.3) is 0 Å². The van der Waals surface area contributed by atoms with E-state index in [1.54, 1.807) is 12.3 Å². The zero-order valence-corrected chi connectivity index (χ0v) is 12.8. The van der Waals surface area contributed by atoms with Gasteiger partial charge in [-0.25, -0.2) is 19.2 Å². The number of amides is 2. The van der Waals surface area contributed by atoms with Gasteiger partial charge in [-0.2, -0.15) is 0 Å². The molecule has 1 N–H and O–H groups in total. The summed E-state index contributed by atoms with van der Waals surface area (Å²) in [7, 11) is 0. The van der Waals surface area contributed by atoms with Gasteiger partial charge >= 0.3 is 6.03 Å². The lowest BCUT2D eigenvalue weighted by atomic mass is 9.91. The van der Waals surface area contributed by atoms with Gasteiger partial charge in [0.1, 0.15) is 18.0 Å². The number of piperidine rings is 1. The van der Waals surface area contributed by atoms with E-state index in [1.807, 2.05) is 17.0 Å². The van der Waals surface area contributed by atoms with E-state index in [-0.39, 0.29) is 11.8 Å².